The van der Waals surface area contributed by atoms with Gasteiger partial charge in [0.2, 0.25) is 0 Å². The summed E-state index contributed by atoms with van der Waals surface area (Å²) >= 11 is 0. The highest BCUT2D eigenvalue weighted by Gasteiger charge is 2.30. The van der Waals surface area contributed by atoms with Crippen LogP contribution in [-0.2, 0) is 6.54 Å². The standard InChI is InChI=1S/C16H17N5O3/c1-24-15-7-3-2-6-14(15)20-12-19(11-16(18-20)21(22)23)10-13-5-4-8-17-9-13/h2-9H,10-12H2,1H3. The lowest BCUT2D eigenvalue weighted by atomic mass is 10.2. The normalized spacial score (nSPS) is 15.0. The van der Waals surface area contributed by atoms with Crippen molar-refractivity contribution in [2.45, 2.75) is 6.54 Å². The fraction of sp³-hybridized carbons (Fsp3) is 0.250. The fourth-order valence-electron chi connectivity index (χ4n) is 2.57. The molecule has 0 N–H and O–H groups in total. The first-order valence-corrected chi connectivity index (χ1v) is 7.41. The summed E-state index contributed by atoms with van der Waals surface area (Å²) in [5.41, 5.74) is 1.68. The Balaban J connectivity index is 1.88. The summed E-state index contributed by atoms with van der Waals surface area (Å²) in [6.45, 7) is 1.15. The lowest BCUT2D eigenvalue weighted by Crippen LogP contribution is -2.45. The average Bonchev–Trinajstić information content (AvgIpc) is 2.62. The molecule has 0 spiro atoms. The first-order valence-electron chi connectivity index (χ1n) is 7.41. The summed E-state index contributed by atoms with van der Waals surface area (Å²) in [6.07, 6.45) is 3.45. The van der Waals surface area contributed by atoms with Gasteiger partial charge in [0.15, 0.2) is 0 Å². The topological polar surface area (TPSA) is 84.1 Å². The molecule has 1 aliphatic heterocycles. The van der Waals surface area contributed by atoms with Crippen LogP contribution >= 0.6 is 0 Å². The van der Waals surface area contributed by atoms with Gasteiger partial charge in [0.25, 0.3) is 0 Å². The minimum atomic E-state index is -0.447. The Morgan fingerprint density at radius 2 is 2.12 bits per heavy atom. The predicted molar refractivity (Wildman–Crippen MR) is 89.4 cm³/mol. The van der Waals surface area contributed by atoms with E-state index in [1.54, 1.807) is 30.6 Å². The van der Waals surface area contributed by atoms with E-state index in [9.17, 15) is 10.1 Å². The van der Waals surface area contributed by atoms with Crippen LogP contribution in [0, 0.1) is 10.1 Å². The van der Waals surface area contributed by atoms with Crippen LogP contribution in [0.2, 0.25) is 0 Å². The largest absolute Gasteiger partial charge is 0.494 e. The maximum Gasteiger partial charge on any atom is 0.378 e. The molecule has 0 radical (unpaired) electrons. The van der Waals surface area contributed by atoms with Gasteiger partial charge in [-0.25, -0.2) is 0 Å². The second kappa shape index (κ2) is 7.05. The molecule has 3 rings (SSSR count). The predicted octanol–water partition coefficient (Wildman–Crippen LogP) is 1.96. The number of amidine groups is 1. The minimum Gasteiger partial charge on any atom is -0.494 e. The number of ether oxygens (including phenoxy) is 1. The number of para-hydroxylation sites is 2. The first-order chi connectivity index (χ1) is 11.7. The van der Waals surface area contributed by atoms with Crippen molar-refractivity contribution in [1.29, 1.82) is 0 Å². The third-order valence-corrected chi connectivity index (χ3v) is 3.64. The molecule has 24 heavy (non-hydrogen) atoms. The molecule has 0 amide bonds. The quantitative estimate of drug-likeness (QED) is 0.630. The molecule has 0 atom stereocenters. The Morgan fingerprint density at radius 3 is 2.83 bits per heavy atom. The van der Waals surface area contributed by atoms with Crippen LogP contribution in [-0.4, -0.2) is 41.0 Å². The molecule has 1 aromatic carbocycles. The van der Waals surface area contributed by atoms with Crippen molar-refractivity contribution in [3.8, 4) is 5.75 Å². The summed E-state index contributed by atoms with van der Waals surface area (Å²) in [4.78, 5) is 16.8. The third-order valence-electron chi connectivity index (χ3n) is 3.64. The number of benzene rings is 1. The van der Waals surface area contributed by atoms with Gasteiger partial charge in [0.1, 0.15) is 24.7 Å². The Morgan fingerprint density at radius 1 is 1.29 bits per heavy atom. The van der Waals surface area contributed by atoms with E-state index in [1.807, 2.05) is 35.2 Å². The van der Waals surface area contributed by atoms with Crippen LogP contribution in [0.4, 0.5) is 5.69 Å². The number of nitro groups is 1. The molecule has 0 unspecified atom stereocenters. The van der Waals surface area contributed by atoms with E-state index in [4.69, 9.17) is 4.74 Å². The average molecular weight is 327 g/mol. The summed E-state index contributed by atoms with van der Waals surface area (Å²) in [6, 6.07) is 11.1. The molecule has 0 aliphatic carbocycles. The van der Waals surface area contributed by atoms with Crippen molar-refractivity contribution in [3.63, 3.8) is 0 Å². The van der Waals surface area contributed by atoms with Gasteiger partial charge in [0, 0.05) is 18.9 Å². The zero-order chi connectivity index (χ0) is 16.9. The van der Waals surface area contributed by atoms with Crippen LogP contribution in [0.25, 0.3) is 0 Å². The highest BCUT2D eigenvalue weighted by molar-refractivity contribution is 5.79. The monoisotopic (exact) mass is 327 g/mol. The molecule has 8 heteroatoms. The molecule has 124 valence electrons. The SMILES string of the molecule is COc1ccccc1N1CN(Cc2cccnc2)CC([N+](=O)[O-])=N1. The maximum absolute atomic E-state index is 11.3. The van der Waals surface area contributed by atoms with E-state index >= 15 is 0 Å². The summed E-state index contributed by atoms with van der Waals surface area (Å²) in [5, 5.41) is 17.0. The number of rotatable bonds is 4. The first kappa shape index (κ1) is 15.9. The third kappa shape index (κ3) is 3.49. The molecule has 2 aromatic rings. The number of nitrogens with zero attached hydrogens (tertiary/aromatic N) is 5. The van der Waals surface area contributed by atoms with Crippen LogP contribution < -0.4 is 9.75 Å². The summed E-state index contributed by atoms with van der Waals surface area (Å²) in [5.74, 6) is 0.517. The van der Waals surface area contributed by atoms with E-state index in [0.717, 1.165) is 5.56 Å². The molecule has 0 fully saturated rings. The highest BCUT2D eigenvalue weighted by Crippen LogP contribution is 2.29. The number of hydrogen-bond acceptors (Lipinski definition) is 7. The van der Waals surface area contributed by atoms with E-state index in [1.165, 1.54) is 0 Å². The van der Waals surface area contributed by atoms with Crippen molar-refractivity contribution in [1.82, 2.24) is 9.88 Å². The maximum atomic E-state index is 11.3. The molecule has 0 saturated heterocycles. The number of hydrazone groups is 1. The van der Waals surface area contributed by atoms with E-state index < -0.39 is 4.92 Å². The zero-order valence-electron chi connectivity index (χ0n) is 13.2. The summed E-state index contributed by atoms with van der Waals surface area (Å²) < 4.78 is 5.34. The number of anilines is 1. The van der Waals surface area contributed by atoms with Crippen LogP contribution in [0.15, 0.2) is 53.9 Å². The van der Waals surface area contributed by atoms with Gasteiger partial charge in [-0.1, -0.05) is 18.2 Å². The van der Waals surface area contributed by atoms with Gasteiger partial charge in [0.05, 0.1) is 12.2 Å². The van der Waals surface area contributed by atoms with Gasteiger partial charge in [-0.2, -0.15) is 5.01 Å². The highest BCUT2D eigenvalue weighted by atomic mass is 16.6. The van der Waals surface area contributed by atoms with Crippen LogP contribution in [0.3, 0.4) is 0 Å². The second-order valence-electron chi connectivity index (χ2n) is 5.33. The zero-order valence-corrected chi connectivity index (χ0v) is 13.2. The number of pyridine rings is 1. The van der Waals surface area contributed by atoms with E-state index in [-0.39, 0.29) is 12.4 Å². The molecule has 1 aliphatic rings. The lowest BCUT2D eigenvalue weighted by molar-refractivity contribution is -0.354. The summed E-state index contributed by atoms with van der Waals surface area (Å²) in [7, 11) is 1.56. The van der Waals surface area contributed by atoms with Gasteiger partial charge in [-0.3, -0.25) is 9.88 Å². The van der Waals surface area contributed by atoms with Crippen LogP contribution in [0.5, 0.6) is 5.75 Å². The van der Waals surface area contributed by atoms with Crippen LogP contribution in [0.1, 0.15) is 5.56 Å². The molecule has 0 bridgehead atoms. The molecule has 1 aromatic heterocycles. The molecular formula is C16H17N5O3. The lowest BCUT2D eigenvalue weighted by Gasteiger charge is -2.28. The number of hydrogen-bond donors (Lipinski definition) is 0. The van der Waals surface area contributed by atoms with Crippen molar-refractivity contribution < 1.29 is 9.66 Å². The molecule has 2 heterocycles. The second-order valence-corrected chi connectivity index (χ2v) is 5.33. The smallest absolute Gasteiger partial charge is 0.378 e. The minimum absolute atomic E-state index is 0.101. The van der Waals surface area contributed by atoms with Crippen molar-refractivity contribution in [2.24, 2.45) is 5.10 Å². The molecular weight excluding hydrogens is 310 g/mol. The molecule has 8 nitrogen and oxygen atoms in total. The van der Waals surface area contributed by atoms with Crippen molar-refractivity contribution >= 4 is 11.5 Å². The Labute approximate surface area is 139 Å². The fourth-order valence-corrected chi connectivity index (χ4v) is 2.57. The Bertz CT molecular complexity index is 750. The van der Waals surface area contributed by atoms with Gasteiger partial charge >= 0.3 is 5.84 Å². The van der Waals surface area contributed by atoms with Crippen molar-refractivity contribution in [3.05, 3.63) is 64.5 Å². The van der Waals surface area contributed by atoms with Gasteiger partial charge in [-0.05, 0) is 28.7 Å². The van der Waals surface area contributed by atoms with E-state index in [2.05, 4.69) is 10.1 Å². The van der Waals surface area contributed by atoms with Gasteiger partial charge in [-0.15, -0.1) is 0 Å². The van der Waals surface area contributed by atoms with Gasteiger partial charge < -0.3 is 14.9 Å². The number of methoxy groups -OCH3 is 1. The molecule has 0 saturated carbocycles. The Kier molecular flexibility index (Phi) is 4.66. The van der Waals surface area contributed by atoms with E-state index in [0.29, 0.717) is 24.7 Å². The number of aromatic nitrogens is 1. The Hall–Kier alpha value is -3.00. The van der Waals surface area contributed by atoms with Crippen molar-refractivity contribution in [2.75, 3.05) is 25.3 Å².